The van der Waals surface area contributed by atoms with Crippen LogP contribution in [-0.4, -0.2) is 48.1 Å². The standard InChI is InChI=1S/C13H26N2S/c1-2-15-8-4-3-5-13(15)11-14-12-6-9-16-10-7-12/h12-14H,2-11H2,1H3. The molecule has 2 saturated heterocycles. The van der Waals surface area contributed by atoms with E-state index in [0.29, 0.717) is 0 Å². The Kier molecular flexibility index (Phi) is 5.46. The zero-order chi connectivity index (χ0) is 11.2. The normalized spacial score (nSPS) is 29.4. The zero-order valence-electron chi connectivity index (χ0n) is 10.6. The van der Waals surface area contributed by atoms with Crippen LogP contribution in [0.25, 0.3) is 0 Å². The molecule has 2 rings (SSSR count). The van der Waals surface area contributed by atoms with Crippen molar-refractivity contribution in [2.24, 2.45) is 0 Å². The number of nitrogens with zero attached hydrogens (tertiary/aromatic N) is 1. The van der Waals surface area contributed by atoms with Gasteiger partial charge in [0.25, 0.3) is 0 Å². The smallest absolute Gasteiger partial charge is 0.0220 e. The average molecular weight is 242 g/mol. The topological polar surface area (TPSA) is 15.3 Å². The highest BCUT2D eigenvalue weighted by molar-refractivity contribution is 7.99. The number of likely N-dealkylation sites (N-methyl/N-ethyl adjacent to an activating group) is 1. The van der Waals surface area contributed by atoms with E-state index in [0.717, 1.165) is 12.1 Å². The Hall–Kier alpha value is 0.270. The van der Waals surface area contributed by atoms with Gasteiger partial charge >= 0.3 is 0 Å². The summed E-state index contributed by atoms with van der Waals surface area (Å²) in [5, 5.41) is 3.80. The number of rotatable bonds is 4. The number of nitrogens with one attached hydrogen (secondary N) is 1. The van der Waals surface area contributed by atoms with Gasteiger partial charge in [0.1, 0.15) is 0 Å². The van der Waals surface area contributed by atoms with Gasteiger partial charge in [-0.2, -0.15) is 11.8 Å². The van der Waals surface area contributed by atoms with Crippen LogP contribution in [0, 0.1) is 0 Å². The third kappa shape index (κ3) is 3.64. The summed E-state index contributed by atoms with van der Waals surface area (Å²) in [6.45, 7) is 6.08. The van der Waals surface area contributed by atoms with E-state index >= 15 is 0 Å². The molecule has 2 aliphatic rings. The van der Waals surface area contributed by atoms with Crippen LogP contribution in [0.4, 0.5) is 0 Å². The largest absolute Gasteiger partial charge is 0.312 e. The van der Waals surface area contributed by atoms with Crippen molar-refractivity contribution >= 4 is 11.8 Å². The van der Waals surface area contributed by atoms with Crippen LogP contribution in [0.15, 0.2) is 0 Å². The maximum atomic E-state index is 3.80. The minimum atomic E-state index is 0.807. The van der Waals surface area contributed by atoms with Crippen LogP contribution >= 0.6 is 11.8 Å². The Bertz CT molecular complexity index is 192. The molecule has 0 aromatic carbocycles. The summed E-state index contributed by atoms with van der Waals surface area (Å²) in [5.41, 5.74) is 0. The van der Waals surface area contributed by atoms with Gasteiger partial charge < -0.3 is 5.32 Å². The fourth-order valence-electron chi connectivity index (χ4n) is 2.91. The molecule has 3 heteroatoms. The van der Waals surface area contributed by atoms with Crippen LogP contribution in [0.2, 0.25) is 0 Å². The molecule has 2 heterocycles. The number of thioether (sulfide) groups is 1. The lowest BCUT2D eigenvalue weighted by Crippen LogP contribution is -2.47. The molecule has 0 saturated carbocycles. The third-order valence-electron chi connectivity index (χ3n) is 4.02. The molecule has 0 spiro atoms. The fourth-order valence-corrected chi connectivity index (χ4v) is 4.02. The van der Waals surface area contributed by atoms with Crippen LogP contribution in [0.3, 0.4) is 0 Å². The SMILES string of the molecule is CCN1CCCCC1CNC1CCSCC1. The summed E-state index contributed by atoms with van der Waals surface area (Å²) in [6, 6.07) is 1.62. The van der Waals surface area contributed by atoms with E-state index in [1.165, 1.54) is 63.2 Å². The minimum absolute atomic E-state index is 0.807. The molecular weight excluding hydrogens is 216 g/mol. The van der Waals surface area contributed by atoms with Gasteiger partial charge in [0.2, 0.25) is 0 Å². The number of hydrogen-bond acceptors (Lipinski definition) is 3. The summed E-state index contributed by atoms with van der Waals surface area (Å²) in [7, 11) is 0. The Morgan fingerprint density at radius 3 is 2.75 bits per heavy atom. The van der Waals surface area contributed by atoms with Gasteiger partial charge in [-0.25, -0.2) is 0 Å². The van der Waals surface area contributed by atoms with Gasteiger partial charge in [-0.3, -0.25) is 4.90 Å². The lowest BCUT2D eigenvalue weighted by molar-refractivity contribution is 0.149. The molecule has 0 radical (unpaired) electrons. The van der Waals surface area contributed by atoms with Crippen molar-refractivity contribution in [1.82, 2.24) is 10.2 Å². The van der Waals surface area contributed by atoms with Crippen LogP contribution in [0.1, 0.15) is 39.0 Å². The quantitative estimate of drug-likeness (QED) is 0.815. The zero-order valence-corrected chi connectivity index (χ0v) is 11.4. The van der Waals surface area contributed by atoms with Crippen molar-refractivity contribution in [3.8, 4) is 0 Å². The molecule has 1 unspecified atom stereocenters. The molecule has 2 aliphatic heterocycles. The van der Waals surface area contributed by atoms with Gasteiger partial charge in [-0.05, 0) is 50.3 Å². The van der Waals surface area contributed by atoms with Crippen molar-refractivity contribution in [2.75, 3.05) is 31.1 Å². The first-order valence-electron chi connectivity index (χ1n) is 6.95. The summed E-state index contributed by atoms with van der Waals surface area (Å²) in [6.07, 6.45) is 7.00. The lowest BCUT2D eigenvalue weighted by Gasteiger charge is -2.36. The summed E-state index contributed by atoms with van der Waals surface area (Å²) in [4.78, 5) is 2.66. The van der Waals surface area contributed by atoms with Crippen LogP contribution in [0.5, 0.6) is 0 Å². The third-order valence-corrected chi connectivity index (χ3v) is 5.07. The van der Waals surface area contributed by atoms with E-state index in [-0.39, 0.29) is 0 Å². The van der Waals surface area contributed by atoms with Crippen molar-refractivity contribution in [3.05, 3.63) is 0 Å². The molecular formula is C13H26N2S. The predicted molar refractivity (Wildman–Crippen MR) is 73.2 cm³/mol. The van der Waals surface area contributed by atoms with E-state index in [4.69, 9.17) is 0 Å². The fraction of sp³-hybridized carbons (Fsp3) is 1.00. The number of hydrogen-bond donors (Lipinski definition) is 1. The number of likely N-dealkylation sites (tertiary alicyclic amines) is 1. The minimum Gasteiger partial charge on any atom is -0.312 e. The molecule has 1 atom stereocenters. The molecule has 0 aromatic heterocycles. The second-order valence-electron chi connectivity index (χ2n) is 5.07. The first-order chi connectivity index (χ1) is 7.90. The highest BCUT2D eigenvalue weighted by atomic mass is 32.2. The van der Waals surface area contributed by atoms with E-state index in [1.54, 1.807) is 0 Å². The maximum Gasteiger partial charge on any atom is 0.0220 e. The van der Waals surface area contributed by atoms with Gasteiger partial charge in [-0.15, -0.1) is 0 Å². The molecule has 94 valence electrons. The van der Waals surface area contributed by atoms with E-state index in [9.17, 15) is 0 Å². The van der Waals surface area contributed by atoms with Crippen molar-refractivity contribution in [1.29, 1.82) is 0 Å². The van der Waals surface area contributed by atoms with Gasteiger partial charge in [-0.1, -0.05) is 13.3 Å². The highest BCUT2D eigenvalue weighted by Crippen LogP contribution is 2.19. The van der Waals surface area contributed by atoms with E-state index in [1.807, 2.05) is 0 Å². The maximum absolute atomic E-state index is 3.80. The molecule has 0 bridgehead atoms. The molecule has 0 aromatic rings. The number of piperidine rings is 1. The average Bonchev–Trinajstić information content (AvgIpc) is 2.38. The van der Waals surface area contributed by atoms with Gasteiger partial charge in [0.15, 0.2) is 0 Å². The van der Waals surface area contributed by atoms with Gasteiger partial charge in [0.05, 0.1) is 0 Å². The van der Waals surface area contributed by atoms with Crippen molar-refractivity contribution in [3.63, 3.8) is 0 Å². The molecule has 0 aliphatic carbocycles. The van der Waals surface area contributed by atoms with E-state index in [2.05, 4.69) is 28.9 Å². The molecule has 2 nitrogen and oxygen atoms in total. The summed E-state index contributed by atoms with van der Waals surface area (Å²) >= 11 is 2.11. The molecule has 1 N–H and O–H groups in total. The lowest BCUT2D eigenvalue weighted by atomic mass is 10.0. The Morgan fingerprint density at radius 1 is 1.19 bits per heavy atom. The Morgan fingerprint density at radius 2 is 2.00 bits per heavy atom. The van der Waals surface area contributed by atoms with E-state index < -0.39 is 0 Å². The highest BCUT2D eigenvalue weighted by Gasteiger charge is 2.22. The second kappa shape index (κ2) is 6.87. The molecule has 16 heavy (non-hydrogen) atoms. The van der Waals surface area contributed by atoms with Gasteiger partial charge in [0, 0.05) is 18.6 Å². The summed E-state index contributed by atoms with van der Waals surface area (Å²) in [5.74, 6) is 2.72. The van der Waals surface area contributed by atoms with Crippen LogP contribution < -0.4 is 5.32 Å². The monoisotopic (exact) mass is 242 g/mol. The Labute approximate surface area is 105 Å². The molecule has 2 fully saturated rings. The predicted octanol–water partition coefficient (Wildman–Crippen LogP) is 2.35. The molecule has 0 amide bonds. The van der Waals surface area contributed by atoms with Crippen molar-refractivity contribution < 1.29 is 0 Å². The second-order valence-corrected chi connectivity index (χ2v) is 6.30. The Balaban J connectivity index is 1.70. The first-order valence-corrected chi connectivity index (χ1v) is 8.11. The van der Waals surface area contributed by atoms with Crippen molar-refractivity contribution in [2.45, 2.75) is 51.1 Å². The summed E-state index contributed by atoms with van der Waals surface area (Å²) < 4.78 is 0. The van der Waals surface area contributed by atoms with Crippen LogP contribution in [-0.2, 0) is 0 Å². The first kappa shape index (κ1) is 12.7.